The highest BCUT2D eigenvalue weighted by Crippen LogP contribution is 2.14. The Bertz CT molecular complexity index is 928. The lowest BCUT2D eigenvalue weighted by molar-refractivity contribution is 0.0844. The van der Waals surface area contributed by atoms with Gasteiger partial charge in [-0.1, -0.05) is 42.5 Å². The SMILES string of the molecule is O=C(NNC(=O)c1ccccc1F)c1ccc(OCc2ccccc2)cc1. The number of halogens is 1. The summed E-state index contributed by atoms with van der Waals surface area (Å²) in [6.45, 7) is 0.422. The van der Waals surface area contributed by atoms with Crippen LogP contribution in [0, 0.1) is 5.82 Å². The molecule has 3 aromatic carbocycles. The Balaban J connectivity index is 1.53. The van der Waals surface area contributed by atoms with Gasteiger partial charge in [-0.3, -0.25) is 20.4 Å². The van der Waals surface area contributed by atoms with Crippen molar-refractivity contribution in [2.24, 2.45) is 0 Å². The second kappa shape index (κ2) is 8.62. The summed E-state index contributed by atoms with van der Waals surface area (Å²) in [5.74, 6) is -1.30. The van der Waals surface area contributed by atoms with Crippen molar-refractivity contribution in [3.05, 3.63) is 101 Å². The smallest absolute Gasteiger partial charge is 0.272 e. The van der Waals surface area contributed by atoms with Gasteiger partial charge in [-0.15, -0.1) is 0 Å². The van der Waals surface area contributed by atoms with Crippen LogP contribution in [-0.4, -0.2) is 11.8 Å². The molecule has 0 bridgehead atoms. The van der Waals surface area contributed by atoms with E-state index < -0.39 is 17.6 Å². The minimum atomic E-state index is -0.732. The Hall–Kier alpha value is -3.67. The van der Waals surface area contributed by atoms with Gasteiger partial charge in [-0.2, -0.15) is 0 Å². The van der Waals surface area contributed by atoms with Crippen molar-refractivity contribution in [1.82, 2.24) is 10.9 Å². The zero-order chi connectivity index (χ0) is 19.1. The molecule has 0 radical (unpaired) electrons. The van der Waals surface area contributed by atoms with Crippen molar-refractivity contribution in [2.75, 3.05) is 0 Å². The summed E-state index contributed by atoms with van der Waals surface area (Å²) in [5.41, 5.74) is 5.66. The number of ether oxygens (including phenoxy) is 1. The second-order valence-corrected chi connectivity index (χ2v) is 5.69. The fourth-order valence-electron chi connectivity index (χ4n) is 2.34. The molecule has 3 rings (SSSR count). The lowest BCUT2D eigenvalue weighted by atomic mass is 10.2. The normalized spacial score (nSPS) is 10.1. The van der Waals surface area contributed by atoms with Gasteiger partial charge in [0.05, 0.1) is 5.56 Å². The van der Waals surface area contributed by atoms with Gasteiger partial charge in [0.2, 0.25) is 0 Å². The number of hydrazine groups is 1. The van der Waals surface area contributed by atoms with Crippen molar-refractivity contribution in [2.45, 2.75) is 6.61 Å². The first-order valence-electron chi connectivity index (χ1n) is 8.25. The zero-order valence-corrected chi connectivity index (χ0v) is 14.3. The van der Waals surface area contributed by atoms with Gasteiger partial charge in [0.25, 0.3) is 11.8 Å². The Morgan fingerprint density at radius 3 is 2.11 bits per heavy atom. The third-order valence-electron chi connectivity index (χ3n) is 3.77. The van der Waals surface area contributed by atoms with Crippen LogP contribution in [0.2, 0.25) is 0 Å². The second-order valence-electron chi connectivity index (χ2n) is 5.69. The average molecular weight is 364 g/mol. The van der Waals surface area contributed by atoms with Crippen molar-refractivity contribution in [1.29, 1.82) is 0 Å². The standard InChI is InChI=1S/C21H17FN2O3/c22-19-9-5-4-8-18(19)21(26)24-23-20(25)16-10-12-17(13-11-16)27-14-15-6-2-1-3-7-15/h1-13H,14H2,(H,23,25)(H,24,26). The Morgan fingerprint density at radius 2 is 1.41 bits per heavy atom. The minimum absolute atomic E-state index is 0.151. The summed E-state index contributed by atoms with van der Waals surface area (Å²) in [6.07, 6.45) is 0. The van der Waals surface area contributed by atoms with Crippen LogP contribution in [0.1, 0.15) is 26.3 Å². The lowest BCUT2D eigenvalue weighted by Gasteiger charge is -2.09. The van der Waals surface area contributed by atoms with Gasteiger partial charge in [0.15, 0.2) is 0 Å². The van der Waals surface area contributed by atoms with Crippen LogP contribution >= 0.6 is 0 Å². The van der Waals surface area contributed by atoms with Crippen LogP contribution in [0.5, 0.6) is 5.75 Å². The predicted molar refractivity (Wildman–Crippen MR) is 98.5 cm³/mol. The average Bonchev–Trinajstić information content (AvgIpc) is 2.72. The molecule has 136 valence electrons. The first-order chi connectivity index (χ1) is 13.1. The molecule has 0 unspecified atom stereocenters. The van der Waals surface area contributed by atoms with E-state index in [0.717, 1.165) is 5.56 Å². The summed E-state index contributed by atoms with van der Waals surface area (Å²) in [6, 6.07) is 21.7. The molecular weight excluding hydrogens is 347 g/mol. The largest absolute Gasteiger partial charge is 0.489 e. The van der Waals surface area contributed by atoms with E-state index in [1.54, 1.807) is 24.3 Å². The molecule has 0 spiro atoms. The van der Waals surface area contributed by atoms with E-state index in [9.17, 15) is 14.0 Å². The molecule has 0 aliphatic carbocycles. The fraction of sp³-hybridized carbons (Fsp3) is 0.0476. The number of carbonyl (C=O) groups is 2. The molecule has 0 fully saturated rings. The highest BCUT2D eigenvalue weighted by Gasteiger charge is 2.12. The molecule has 0 saturated carbocycles. The summed E-state index contributed by atoms with van der Waals surface area (Å²) >= 11 is 0. The number of benzene rings is 3. The third-order valence-corrected chi connectivity index (χ3v) is 3.77. The van der Waals surface area contributed by atoms with E-state index in [1.165, 1.54) is 24.3 Å². The summed E-state index contributed by atoms with van der Waals surface area (Å²) in [7, 11) is 0. The maximum absolute atomic E-state index is 13.5. The Labute approximate surface area is 155 Å². The van der Waals surface area contributed by atoms with Gasteiger partial charge >= 0.3 is 0 Å². The van der Waals surface area contributed by atoms with E-state index in [2.05, 4.69) is 10.9 Å². The van der Waals surface area contributed by atoms with E-state index in [0.29, 0.717) is 17.9 Å². The van der Waals surface area contributed by atoms with Gasteiger partial charge in [-0.25, -0.2) is 4.39 Å². The van der Waals surface area contributed by atoms with Gasteiger partial charge in [0.1, 0.15) is 18.2 Å². The molecule has 5 nitrogen and oxygen atoms in total. The van der Waals surface area contributed by atoms with Gasteiger partial charge in [-0.05, 0) is 42.0 Å². The van der Waals surface area contributed by atoms with Crippen LogP contribution < -0.4 is 15.6 Å². The predicted octanol–water partition coefficient (Wildman–Crippen LogP) is 3.48. The molecule has 0 aromatic heterocycles. The van der Waals surface area contributed by atoms with Crippen LogP contribution in [0.25, 0.3) is 0 Å². The lowest BCUT2D eigenvalue weighted by Crippen LogP contribution is -2.41. The van der Waals surface area contributed by atoms with E-state index in [1.807, 2.05) is 30.3 Å². The highest BCUT2D eigenvalue weighted by atomic mass is 19.1. The highest BCUT2D eigenvalue weighted by molar-refractivity contribution is 5.99. The minimum Gasteiger partial charge on any atom is -0.489 e. The first kappa shape index (κ1) is 18.1. The molecule has 2 N–H and O–H groups in total. The molecule has 0 atom stereocenters. The molecule has 0 saturated heterocycles. The maximum Gasteiger partial charge on any atom is 0.272 e. The van der Waals surface area contributed by atoms with Crippen LogP contribution in [0.3, 0.4) is 0 Å². The van der Waals surface area contributed by atoms with Crippen molar-refractivity contribution in [3.8, 4) is 5.75 Å². The molecule has 6 heteroatoms. The topological polar surface area (TPSA) is 67.4 Å². The molecular formula is C21H17FN2O3. The molecule has 0 heterocycles. The van der Waals surface area contributed by atoms with Crippen LogP contribution in [0.15, 0.2) is 78.9 Å². The maximum atomic E-state index is 13.5. The van der Waals surface area contributed by atoms with Gasteiger partial charge in [0, 0.05) is 5.56 Å². The molecule has 3 aromatic rings. The molecule has 2 amide bonds. The quantitative estimate of drug-likeness (QED) is 0.681. The Morgan fingerprint density at radius 1 is 0.778 bits per heavy atom. The van der Waals surface area contributed by atoms with Crippen molar-refractivity contribution >= 4 is 11.8 Å². The number of carbonyl (C=O) groups excluding carboxylic acids is 2. The summed E-state index contributed by atoms with van der Waals surface area (Å²) in [5, 5.41) is 0. The Kier molecular flexibility index (Phi) is 5.79. The van der Waals surface area contributed by atoms with Crippen LogP contribution in [0.4, 0.5) is 4.39 Å². The number of nitrogens with one attached hydrogen (secondary N) is 2. The number of hydrogen-bond acceptors (Lipinski definition) is 3. The van der Waals surface area contributed by atoms with E-state index in [-0.39, 0.29) is 5.56 Å². The van der Waals surface area contributed by atoms with Crippen LogP contribution in [-0.2, 0) is 6.61 Å². The molecule has 27 heavy (non-hydrogen) atoms. The summed E-state index contributed by atoms with van der Waals surface area (Å²) in [4.78, 5) is 24.0. The van der Waals surface area contributed by atoms with Crippen molar-refractivity contribution in [3.63, 3.8) is 0 Å². The third kappa shape index (κ3) is 4.92. The number of hydrogen-bond donors (Lipinski definition) is 2. The number of amides is 2. The molecule has 0 aliphatic rings. The van der Waals surface area contributed by atoms with Crippen molar-refractivity contribution < 1.29 is 18.7 Å². The van der Waals surface area contributed by atoms with Gasteiger partial charge < -0.3 is 4.74 Å². The molecule has 0 aliphatic heterocycles. The number of rotatable bonds is 5. The fourth-order valence-corrected chi connectivity index (χ4v) is 2.34. The first-order valence-corrected chi connectivity index (χ1v) is 8.25. The van der Waals surface area contributed by atoms with E-state index in [4.69, 9.17) is 4.74 Å². The zero-order valence-electron chi connectivity index (χ0n) is 14.3. The summed E-state index contributed by atoms with van der Waals surface area (Å²) < 4.78 is 19.2. The monoisotopic (exact) mass is 364 g/mol. The van der Waals surface area contributed by atoms with E-state index >= 15 is 0 Å².